The average molecular weight is 281 g/mol. The highest BCUT2D eigenvalue weighted by Gasteiger charge is 2.54. The molecule has 2 fully saturated rings. The lowest BCUT2D eigenvalue weighted by atomic mass is 9.81. The Morgan fingerprint density at radius 2 is 2.10 bits per heavy atom. The number of fused-ring (bicyclic) bond motifs is 1. The molecule has 1 aromatic carbocycles. The Balaban J connectivity index is 1.80. The molecule has 0 radical (unpaired) electrons. The van der Waals surface area contributed by atoms with E-state index in [0.29, 0.717) is 19.5 Å². The minimum atomic E-state index is -0.767. The highest BCUT2D eigenvalue weighted by Crippen LogP contribution is 2.49. The fourth-order valence-electron chi connectivity index (χ4n) is 3.77. The number of carboxylic acids is 1. The molecule has 3 nitrogen and oxygen atoms in total. The zero-order valence-electron chi connectivity index (χ0n) is 11.1. The first-order valence-corrected chi connectivity index (χ1v) is 6.91. The Bertz CT molecular complexity index is 528. The van der Waals surface area contributed by atoms with Gasteiger partial charge in [-0.15, -0.1) is 0 Å². The molecular formula is C15H17F2NO2. The summed E-state index contributed by atoms with van der Waals surface area (Å²) in [7, 11) is 0. The van der Waals surface area contributed by atoms with Crippen molar-refractivity contribution in [3.63, 3.8) is 0 Å². The molecule has 2 aliphatic rings. The summed E-state index contributed by atoms with van der Waals surface area (Å²) >= 11 is 0. The zero-order chi connectivity index (χ0) is 14.3. The first-order valence-electron chi connectivity index (χ1n) is 6.91. The van der Waals surface area contributed by atoms with Crippen LogP contribution in [0.4, 0.5) is 8.78 Å². The average Bonchev–Trinajstić information content (AvgIpc) is 2.91. The Hall–Kier alpha value is -1.49. The second kappa shape index (κ2) is 4.81. The van der Waals surface area contributed by atoms with E-state index < -0.39 is 23.0 Å². The number of hydrogen-bond acceptors (Lipinski definition) is 2. The smallest absolute Gasteiger partial charge is 0.311 e. The van der Waals surface area contributed by atoms with Gasteiger partial charge in [-0.1, -0.05) is 12.5 Å². The van der Waals surface area contributed by atoms with Crippen molar-refractivity contribution >= 4 is 5.97 Å². The lowest BCUT2D eigenvalue weighted by molar-refractivity contribution is -0.149. The van der Waals surface area contributed by atoms with Crippen LogP contribution in [0, 0.1) is 23.0 Å². The third-order valence-corrected chi connectivity index (χ3v) is 4.81. The van der Waals surface area contributed by atoms with Crippen molar-refractivity contribution in [2.45, 2.75) is 25.8 Å². The third-order valence-electron chi connectivity index (χ3n) is 4.81. The van der Waals surface area contributed by atoms with Gasteiger partial charge in [-0.2, -0.15) is 0 Å². The number of halogens is 2. The maximum atomic E-state index is 13.7. The minimum Gasteiger partial charge on any atom is -0.481 e. The van der Waals surface area contributed by atoms with E-state index in [2.05, 4.69) is 0 Å². The fourth-order valence-corrected chi connectivity index (χ4v) is 3.77. The maximum absolute atomic E-state index is 13.7. The Kier molecular flexibility index (Phi) is 3.24. The van der Waals surface area contributed by atoms with Crippen LogP contribution in [0.15, 0.2) is 18.2 Å². The zero-order valence-corrected chi connectivity index (χ0v) is 11.1. The van der Waals surface area contributed by atoms with E-state index in [0.717, 1.165) is 12.8 Å². The summed E-state index contributed by atoms with van der Waals surface area (Å²) in [6, 6.07) is 3.82. The quantitative estimate of drug-likeness (QED) is 0.926. The number of aliphatic carboxylic acids is 1. The SMILES string of the molecule is O=C(O)[C@@]12CCC[C@H]1CN(Cc1c(F)cccc1F)C2. The Morgan fingerprint density at radius 3 is 2.70 bits per heavy atom. The van der Waals surface area contributed by atoms with Gasteiger partial charge in [0.2, 0.25) is 0 Å². The largest absolute Gasteiger partial charge is 0.481 e. The van der Waals surface area contributed by atoms with Gasteiger partial charge < -0.3 is 5.11 Å². The lowest BCUT2D eigenvalue weighted by Gasteiger charge is -2.23. The van der Waals surface area contributed by atoms with Crippen molar-refractivity contribution in [3.8, 4) is 0 Å². The molecule has 1 saturated carbocycles. The molecule has 1 aliphatic heterocycles. The Labute approximate surface area is 116 Å². The van der Waals surface area contributed by atoms with Gasteiger partial charge in [0.15, 0.2) is 0 Å². The van der Waals surface area contributed by atoms with Crippen molar-refractivity contribution in [2.75, 3.05) is 13.1 Å². The molecule has 0 aromatic heterocycles. The van der Waals surface area contributed by atoms with Crippen LogP contribution >= 0.6 is 0 Å². The van der Waals surface area contributed by atoms with Gasteiger partial charge in [0.25, 0.3) is 0 Å². The molecule has 0 bridgehead atoms. The first kappa shape index (κ1) is 13.5. The van der Waals surface area contributed by atoms with Crippen LogP contribution in [0.3, 0.4) is 0 Å². The van der Waals surface area contributed by atoms with E-state index >= 15 is 0 Å². The molecule has 1 aliphatic carbocycles. The molecule has 2 atom stereocenters. The molecule has 1 N–H and O–H groups in total. The number of nitrogens with zero attached hydrogens (tertiary/aromatic N) is 1. The molecule has 108 valence electrons. The molecule has 1 heterocycles. The van der Waals surface area contributed by atoms with Crippen LogP contribution in [0.1, 0.15) is 24.8 Å². The molecule has 1 saturated heterocycles. The molecule has 1 aromatic rings. The van der Waals surface area contributed by atoms with Gasteiger partial charge >= 0.3 is 5.97 Å². The lowest BCUT2D eigenvalue weighted by Crippen LogP contribution is -2.35. The van der Waals surface area contributed by atoms with E-state index in [4.69, 9.17) is 0 Å². The summed E-state index contributed by atoms with van der Waals surface area (Å²) in [5.41, 5.74) is -0.671. The number of carboxylic acid groups (broad SMARTS) is 1. The monoisotopic (exact) mass is 281 g/mol. The summed E-state index contributed by atoms with van der Waals surface area (Å²) in [6.07, 6.45) is 2.49. The molecule has 3 rings (SSSR count). The van der Waals surface area contributed by atoms with Crippen molar-refractivity contribution in [1.82, 2.24) is 4.90 Å². The van der Waals surface area contributed by atoms with Crippen LogP contribution in [-0.2, 0) is 11.3 Å². The predicted octanol–water partition coefficient (Wildman–Crippen LogP) is 2.65. The first-order chi connectivity index (χ1) is 9.53. The molecular weight excluding hydrogens is 264 g/mol. The van der Waals surface area contributed by atoms with Gasteiger partial charge in [-0.3, -0.25) is 9.69 Å². The molecule has 0 spiro atoms. The van der Waals surface area contributed by atoms with Crippen molar-refractivity contribution in [2.24, 2.45) is 11.3 Å². The minimum absolute atomic E-state index is 0.0352. The summed E-state index contributed by atoms with van der Waals surface area (Å²) < 4.78 is 27.3. The van der Waals surface area contributed by atoms with Crippen molar-refractivity contribution in [3.05, 3.63) is 35.4 Å². The fraction of sp³-hybridized carbons (Fsp3) is 0.533. The molecule has 5 heteroatoms. The molecule has 0 unspecified atom stereocenters. The van der Waals surface area contributed by atoms with Crippen LogP contribution in [-0.4, -0.2) is 29.1 Å². The molecule has 0 amide bonds. The van der Waals surface area contributed by atoms with Crippen LogP contribution in [0.25, 0.3) is 0 Å². The summed E-state index contributed by atoms with van der Waals surface area (Å²) in [5.74, 6) is -1.79. The Morgan fingerprint density at radius 1 is 1.40 bits per heavy atom. The normalized spacial score (nSPS) is 29.6. The number of benzene rings is 1. The number of likely N-dealkylation sites (tertiary alicyclic amines) is 1. The van der Waals surface area contributed by atoms with Gasteiger partial charge in [0.05, 0.1) is 5.41 Å². The summed E-state index contributed by atoms with van der Waals surface area (Å²) in [5, 5.41) is 9.49. The third kappa shape index (κ3) is 2.00. The number of hydrogen-bond donors (Lipinski definition) is 1. The highest BCUT2D eigenvalue weighted by molar-refractivity contribution is 5.76. The standard InChI is InChI=1S/C15H17F2NO2/c16-12-4-1-5-13(17)11(12)8-18-7-10-3-2-6-15(10,9-18)14(19)20/h1,4-5,10H,2-3,6-9H2,(H,19,20)/t10-,15+/m0/s1. The van der Waals surface area contributed by atoms with Gasteiger partial charge in [-0.25, -0.2) is 8.78 Å². The number of rotatable bonds is 3. The predicted molar refractivity (Wildman–Crippen MR) is 69.0 cm³/mol. The second-order valence-electron chi connectivity index (χ2n) is 5.92. The topological polar surface area (TPSA) is 40.5 Å². The van der Waals surface area contributed by atoms with Crippen LogP contribution < -0.4 is 0 Å². The van der Waals surface area contributed by atoms with E-state index in [-0.39, 0.29) is 18.0 Å². The van der Waals surface area contributed by atoms with Gasteiger partial charge in [0.1, 0.15) is 11.6 Å². The molecule has 20 heavy (non-hydrogen) atoms. The van der Waals surface area contributed by atoms with E-state index in [9.17, 15) is 18.7 Å². The summed E-state index contributed by atoms with van der Waals surface area (Å²) in [4.78, 5) is 13.4. The van der Waals surface area contributed by atoms with Crippen LogP contribution in [0.2, 0.25) is 0 Å². The summed E-state index contributed by atoms with van der Waals surface area (Å²) in [6.45, 7) is 1.14. The van der Waals surface area contributed by atoms with E-state index in [1.54, 1.807) is 0 Å². The highest BCUT2D eigenvalue weighted by atomic mass is 19.1. The van der Waals surface area contributed by atoms with E-state index in [1.165, 1.54) is 18.2 Å². The number of carbonyl (C=O) groups is 1. The van der Waals surface area contributed by atoms with E-state index in [1.807, 2.05) is 4.90 Å². The second-order valence-corrected chi connectivity index (χ2v) is 5.92. The van der Waals surface area contributed by atoms with Crippen molar-refractivity contribution in [1.29, 1.82) is 0 Å². The maximum Gasteiger partial charge on any atom is 0.311 e. The van der Waals surface area contributed by atoms with Gasteiger partial charge in [-0.05, 0) is 30.9 Å². The van der Waals surface area contributed by atoms with Gasteiger partial charge in [0, 0.05) is 25.2 Å². The van der Waals surface area contributed by atoms with Crippen molar-refractivity contribution < 1.29 is 18.7 Å². The van der Waals surface area contributed by atoms with Crippen LogP contribution in [0.5, 0.6) is 0 Å².